The number of methoxy groups -OCH3 is 1. The fourth-order valence-electron chi connectivity index (χ4n) is 1.32. The molecule has 0 radical (unpaired) electrons. The quantitative estimate of drug-likeness (QED) is 0.880. The Kier molecular flexibility index (Phi) is 4.20. The molecule has 0 unspecified atom stereocenters. The molecule has 0 fully saturated rings. The first-order valence-corrected chi connectivity index (χ1v) is 5.97. The van der Waals surface area contributed by atoms with E-state index in [1.165, 1.54) is 19.2 Å². The van der Waals surface area contributed by atoms with Crippen molar-refractivity contribution in [2.24, 2.45) is 0 Å². The summed E-state index contributed by atoms with van der Waals surface area (Å²) in [5.74, 6) is -0.969. The van der Waals surface area contributed by atoms with Gasteiger partial charge in [-0.25, -0.2) is 4.39 Å². The molecule has 1 rings (SSSR count). The minimum atomic E-state index is -1.10. The van der Waals surface area contributed by atoms with Crippen LogP contribution in [0, 0.1) is 5.82 Å². The van der Waals surface area contributed by atoms with Crippen LogP contribution >= 0.6 is 0 Å². The second kappa shape index (κ2) is 5.17. The molecular weight excluding hydrogens is 249 g/mol. The summed E-state index contributed by atoms with van der Waals surface area (Å²) in [6, 6.07) is 3.97. The van der Waals surface area contributed by atoms with Crippen LogP contribution in [0.25, 0.3) is 0 Å². The summed E-state index contributed by atoms with van der Waals surface area (Å²) in [4.78, 5) is 12.0. The second-order valence-corrected chi connectivity index (χ2v) is 5.49. The zero-order valence-electron chi connectivity index (χ0n) is 11.9. The Labute approximate surface area is 112 Å². The molecule has 0 bridgehead atoms. The van der Waals surface area contributed by atoms with Crippen molar-refractivity contribution in [3.8, 4) is 5.75 Å². The number of hydrogen-bond donors (Lipinski definition) is 2. The summed E-state index contributed by atoms with van der Waals surface area (Å²) in [5.41, 5.74) is -1.77. The van der Waals surface area contributed by atoms with Gasteiger partial charge in [-0.05, 0) is 45.9 Å². The van der Waals surface area contributed by atoms with E-state index < -0.39 is 22.9 Å². The lowest BCUT2D eigenvalue weighted by Crippen LogP contribution is -2.57. The summed E-state index contributed by atoms with van der Waals surface area (Å²) < 4.78 is 18.3. The van der Waals surface area contributed by atoms with Gasteiger partial charge in [0.25, 0.3) is 5.91 Å². The first-order chi connectivity index (χ1) is 8.58. The van der Waals surface area contributed by atoms with Crippen LogP contribution in [0.5, 0.6) is 5.75 Å². The fraction of sp³-hybridized carbons (Fsp3) is 0.500. The van der Waals surface area contributed by atoms with Crippen LogP contribution in [0.2, 0.25) is 0 Å². The lowest BCUT2D eigenvalue weighted by atomic mass is 9.86. The van der Waals surface area contributed by atoms with Crippen LogP contribution in [-0.4, -0.2) is 29.3 Å². The Morgan fingerprint density at radius 3 is 2.32 bits per heavy atom. The highest BCUT2D eigenvalue weighted by atomic mass is 19.1. The van der Waals surface area contributed by atoms with E-state index in [0.29, 0.717) is 0 Å². The van der Waals surface area contributed by atoms with Crippen LogP contribution in [0.1, 0.15) is 38.1 Å². The van der Waals surface area contributed by atoms with E-state index in [1.54, 1.807) is 27.7 Å². The maximum absolute atomic E-state index is 13.5. The van der Waals surface area contributed by atoms with Crippen molar-refractivity contribution >= 4 is 5.91 Å². The van der Waals surface area contributed by atoms with Gasteiger partial charge in [0.2, 0.25) is 0 Å². The Hall–Kier alpha value is -1.62. The van der Waals surface area contributed by atoms with Gasteiger partial charge in [-0.15, -0.1) is 0 Å². The number of carbonyl (C=O) groups is 1. The number of amides is 1. The van der Waals surface area contributed by atoms with Gasteiger partial charge in [-0.3, -0.25) is 4.79 Å². The van der Waals surface area contributed by atoms with Crippen LogP contribution in [-0.2, 0) is 0 Å². The third kappa shape index (κ3) is 3.44. The summed E-state index contributed by atoms with van der Waals surface area (Å²) in [5, 5.41) is 12.6. The van der Waals surface area contributed by atoms with E-state index >= 15 is 0 Å². The highest BCUT2D eigenvalue weighted by Gasteiger charge is 2.36. The molecule has 4 nitrogen and oxygen atoms in total. The van der Waals surface area contributed by atoms with Gasteiger partial charge in [0.05, 0.1) is 18.2 Å². The van der Waals surface area contributed by atoms with Gasteiger partial charge < -0.3 is 15.2 Å². The smallest absolute Gasteiger partial charge is 0.251 e. The molecule has 1 amide bonds. The first-order valence-electron chi connectivity index (χ1n) is 5.97. The van der Waals surface area contributed by atoms with Crippen LogP contribution in [0.15, 0.2) is 18.2 Å². The molecule has 19 heavy (non-hydrogen) atoms. The van der Waals surface area contributed by atoms with Crippen molar-refractivity contribution in [2.75, 3.05) is 7.11 Å². The van der Waals surface area contributed by atoms with Crippen LogP contribution < -0.4 is 10.1 Å². The van der Waals surface area contributed by atoms with E-state index in [-0.39, 0.29) is 11.3 Å². The number of hydrogen-bond acceptors (Lipinski definition) is 3. The average Bonchev–Trinajstić information content (AvgIpc) is 2.26. The van der Waals surface area contributed by atoms with E-state index in [0.717, 1.165) is 6.07 Å². The number of nitrogens with one attached hydrogen (secondary N) is 1. The number of aliphatic hydroxyl groups is 1. The van der Waals surface area contributed by atoms with E-state index in [4.69, 9.17) is 4.74 Å². The molecule has 0 saturated heterocycles. The topological polar surface area (TPSA) is 58.6 Å². The molecular formula is C14H20FNO3. The van der Waals surface area contributed by atoms with Crippen LogP contribution in [0.3, 0.4) is 0 Å². The van der Waals surface area contributed by atoms with Gasteiger partial charge in [-0.1, -0.05) is 0 Å². The summed E-state index contributed by atoms with van der Waals surface area (Å²) >= 11 is 0. The molecule has 0 aromatic heterocycles. The third-order valence-electron chi connectivity index (χ3n) is 3.37. The lowest BCUT2D eigenvalue weighted by molar-refractivity contribution is -0.00293. The lowest BCUT2D eigenvalue weighted by Gasteiger charge is -2.38. The molecule has 1 aromatic carbocycles. The highest BCUT2D eigenvalue weighted by Crippen LogP contribution is 2.22. The predicted octanol–water partition coefficient (Wildman–Crippen LogP) is 2.11. The molecule has 2 N–H and O–H groups in total. The second-order valence-electron chi connectivity index (χ2n) is 5.49. The molecule has 0 aliphatic heterocycles. The number of benzene rings is 1. The molecule has 0 saturated carbocycles. The largest absolute Gasteiger partial charge is 0.494 e. The van der Waals surface area contributed by atoms with E-state index in [9.17, 15) is 14.3 Å². The minimum Gasteiger partial charge on any atom is -0.494 e. The SMILES string of the molecule is COc1ccc(C(=O)NC(C)(C)C(C)(C)O)cc1F. The monoisotopic (exact) mass is 269 g/mol. The van der Waals surface area contributed by atoms with Crippen LogP contribution in [0.4, 0.5) is 4.39 Å². The summed E-state index contributed by atoms with van der Waals surface area (Å²) in [6.07, 6.45) is 0. The zero-order chi connectivity index (χ0) is 14.8. The van der Waals surface area contributed by atoms with E-state index in [2.05, 4.69) is 5.32 Å². The summed E-state index contributed by atoms with van der Waals surface area (Å²) in [7, 11) is 1.36. The highest BCUT2D eigenvalue weighted by molar-refractivity contribution is 5.94. The van der Waals surface area contributed by atoms with Crippen molar-refractivity contribution in [1.82, 2.24) is 5.32 Å². The van der Waals surface area contributed by atoms with Gasteiger partial charge in [0.1, 0.15) is 0 Å². The first kappa shape index (κ1) is 15.4. The molecule has 0 spiro atoms. The Bertz CT molecular complexity index is 478. The predicted molar refractivity (Wildman–Crippen MR) is 70.8 cm³/mol. The van der Waals surface area contributed by atoms with Crippen molar-refractivity contribution < 1.29 is 19.0 Å². The molecule has 5 heteroatoms. The van der Waals surface area contributed by atoms with Crippen molar-refractivity contribution in [3.05, 3.63) is 29.6 Å². The third-order valence-corrected chi connectivity index (χ3v) is 3.37. The Morgan fingerprint density at radius 2 is 1.89 bits per heavy atom. The molecule has 0 aliphatic carbocycles. The minimum absolute atomic E-state index is 0.0818. The zero-order valence-corrected chi connectivity index (χ0v) is 11.9. The normalized spacial score (nSPS) is 12.2. The molecule has 0 heterocycles. The van der Waals surface area contributed by atoms with Gasteiger partial charge in [0, 0.05) is 5.56 Å². The molecule has 0 aliphatic rings. The Balaban J connectivity index is 2.94. The van der Waals surface area contributed by atoms with Crippen molar-refractivity contribution in [3.63, 3.8) is 0 Å². The molecule has 1 aromatic rings. The van der Waals surface area contributed by atoms with Crippen molar-refractivity contribution in [2.45, 2.75) is 38.8 Å². The molecule has 0 atom stereocenters. The summed E-state index contributed by atoms with van der Waals surface area (Å²) in [6.45, 7) is 6.60. The maximum Gasteiger partial charge on any atom is 0.251 e. The number of carbonyl (C=O) groups excluding carboxylic acids is 1. The number of rotatable bonds is 4. The van der Waals surface area contributed by atoms with E-state index in [1.807, 2.05) is 0 Å². The fourth-order valence-corrected chi connectivity index (χ4v) is 1.32. The standard InChI is InChI=1S/C14H20FNO3/c1-13(2,14(3,4)18)16-12(17)9-6-7-11(19-5)10(15)8-9/h6-8,18H,1-5H3,(H,16,17). The number of halogens is 1. The maximum atomic E-state index is 13.5. The average molecular weight is 269 g/mol. The number of ether oxygens (including phenoxy) is 1. The van der Waals surface area contributed by atoms with Gasteiger partial charge in [0.15, 0.2) is 11.6 Å². The molecule has 106 valence electrons. The van der Waals surface area contributed by atoms with Crippen molar-refractivity contribution in [1.29, 1.82) is 0 Å². The van der Waals surface area contributed by atoms with Gasteiger partial charge >= 0.3 is 0 Å². The Morgan fingerprint density at radius 1 is 1.32 bits per heavy atom. The van der Waals surface area contributed by atoms with Gasteiger partial charge in [-0.2, -0.15) is 0 Å².